The molecule has 2 aliphatic heterocycles. The van der Waals surface area contributed by atoms with Gasteiger partial charge >= 0.3 is 18.4 Å². The molecular weight excluding hydrogens is 456 g/mol. The summed E-state index contributed by atoms with van der Waals surface area (Å²) >= 11 is 0. The highest BCUT2D eigenvalue weighted by molar-refractivity contribution is 6.33. The number of amides is 3. The minimum absolute atomic E-state index is 0.0833. The fraction of sp³-hybridized carbons (Fsp3) is 0.250. The molecule has 2 aliphatic rings. The van der Waals surface area contributed by atoms with Crippen LogP contribution in [0.15, 0.2) is 58.8 Å². The Morgan fingerprint density at radius 3 is 2.18 bits per heavy atom. The molecule has 1 aromatic carbocycles. The monoisotopic (exact) mass is 469 g/mol. The van der Waals surface area contributed by atoms with Crippen molar-refractivity contribution in [2.24, 2.45) is 15.9 Å². The number of aromatic nitrogens is 1. The zero-order valence-electron chi connectivity index (χ0n) is 16.6. The molecule has 13 heteroatoms. The summed E-state index contributed by atoms with van der Waals surface area (Å²) in [6, 6.07) is 6.79. The number of rotatable bonds is 2. The number of halogens is 6. The minimum Gasteiger partial charge on any atom is -0.277 e. The largest absolute Gasteiger partial charge is 0.423 e. The molecule has 0 aliphatic carbocycles. The first kappa shape index (κ1) is 22.4. The zero-order valence-corrected chi connectivity index (χ0v) is 16.6. The molecule has 0 spiro atoms. The fourth-order valence-electron chi connectivity index (χ4n) is 3.62. The van der Waals surface area contributed by atoms with Crippen LogP contribution < -0.4 is 10.2 Å². The molecule has 1 unspecified atom stereocenters. The van der Waals surface area contributed by atoms with Crippen molar-refractivity contribution in [2.45, 2.75) is 24.8 Å². The van der Waals surface area contributed by atoms with Crippen molar-refractivity contribution in [3.63, 3.8) is 0 Å². The third kappa shape index (κ3) is 3.43. The topological polar surface area (TPSA) is 87.0 Å². The van der Waals surface area contributed by atoms with Gasteiger partial charge in [0.2, 0.25) is 5.91 Å². The molecule has 172 valence electrons. The number of pyridine rings is 1. The van der Waals surface area contributed by atoms with Gasteiger partial charge in [-0.3, -0.25) is 15.1 Å². The van der Waals surface area contributed by atoms with E-state index in [1.54, 1.807) is 12.2 Å². The Morgan fingerprint density at radius 1 is 1.00 bits per heavy atom. The van der Waals surface area contributed by atoms with E-state index in [2.05, 4.69) is 15.0 Å². The number of urea groups is 1. The lowest BCUT2D eigenvalue weighted by Crippen LogP contribution is -2.73. The molecule has 0 bridgehead atoms. The van der Waals surface area contributed by atoms with E-state index in [0.29, 0.717) is 10.5 Å². The quantitative estimate of drug-likeness (QED) is 0.680. The van der Waals surface area contributed by atoms with Crippen LogP contribution in [0.5, 0.6) is 0 Å². The number of alkyl halides is 6. The number of carbonyl (C=O) groups excluding carboxylic acids is 2. The third-order valence-electron chi connectivity index (χ3n) is 5.18. The van der Waals surface area contributed by atoms with E-state index in [1.807, 2.05) is 0 Å². The van der Waals surface area contributed by atoms with Crippen LogP contribution in [0.2, 0.25) is 0 Å². The predicted octanol–water partition coefficient (Wildman–Crippen LogP) is 3.78. The van der Waals surface area contributed by atoms with Crippen molar-refractivity contribution in [1.29, 1.82) is 0 Å². The van der Waals surface area contributed by atoms with E-state index < -0.39 is 47.4 Å². The maximum atomic E-state index is 14.2. The van der Waals surface area contributed by atoms with Gasteiger partial charge < -0.3 is 0 Å². The second-order valence-corrected chi connectivity index (χ2v) is 7.31. The SMILES string of the molecule is Cc1ccc(N2C(=O)NC(=O)C3C2=NC(c2cccnc2)=NC3(C(F)(F)F)C(F)(F)F)cc1. The number of carbonyl (C=O) groups is 2. The highest BCUT2D eigenvalue weighted by Gasteiger charge is 2.79. The summed E-state index contributed by atoms with van der Waals surface area (Å²) in [5.41, 5.74) is -4.52. The number of hydrogen-bond donors (Lipinski definition) is 1. The van der Waals surface area contributed by atoms with Gasteiger partial charge in [-0.25, -0.2) is 19.7 Å². The second-order valence-electron chi connectivity index (χ2n) is 7.31. The van der Waals surface area contributed by atoms with Gasteiger partial charge in [0.05, 0.1) is 5.69 Å². The van der Waals surface area contributed by atoms with E-state index in [9.17, 15) is 35.9 Å². The first-order chi connectivity index (χ1) is 15.4. The lowest BCUT2D eigenvalue weighted by atomic mass is 9.78. The molecular formula is C20H13F6N5O2. The molecule has 1 atom stereocenters. The lowest BCUT2D eigenvalue weighted by Gasteiger charge is -2.45. The molecule has 1 saturated heterocycles. The number of hydrogen-bond acceptors (Lipinski definition) is 5. The van der Waals surface area contributed by atoms with Crippen LogP contribution in [0.25, 0.3) is 0 Å². The van der Waals surface area contributed by atoms with Crippen molar-refractivity contribution in [3.05, 3.63) is 59.9 Å². The molecule has 3 amide bonds. The van der Waals surface area contributed by atoms with E-state index in [1.165, 1.54) is 36.5 Å². The lowest BCUT2D eigenvalue weighted by molar-refractivity contribution is -0.302. The van der Waals surface area contributed by atoms with E-state index in [-0.39, 0.29) is 11.3 Å². The molecule has 7 nitrogen and oxygen atoms in total. The fourth-order valence-corrected chi connectivity index (χ4v) is 3.62. The van der Waals surface area contributed by atoms with Gasteiger partial charge in [0, 0.05) is 18.0 Å². The normalized spacial score (nSPS) is 20.6. The van der Waals surface area contributed by atoms with Crippen molar-refractivity contribution >= 4 is 29.3 Å². The Bertz CT molecular complexity index is 1160. The molecule has 33 heavy (non-hydrogen) atoms. The number of amidine groups is 2. The minimum atomic E-state index is -6.07. The Labute approximate surface area is 181 Å². The first-order valence-corrected chi connectivity index (χ1v) is 9.31. The number of anilines is 1. The van der Waals surface area contributed by atoms with Crippen LogP contribution in [-0.2, 0) is 4.79 Å². The predicted molar refractivity (Wildman–Crippen MR) is 104 cm³/mol. The molecule has 4 rings (SSSR count). The van der Waals surface area contributed by atoms with Crippen LogP contribution in [0.1, 0.15) is 11.1 Å². The third-order valence-corrected chi connectivity index (χ3v) is 5.18. The summed E-state index contributed by atoms with van der Waals surface area (Å²) < 4.78 is 85.3. The van der Waals surface area contributed by atoms with Crippen LogP contribution in [0.4, 0.5) is 36.8 Å². The van der Waals surface area contributed by atoms with Gasteiger partial charge in [0.1, 0.15) is 11.8 Å². The summed E-state index contributed by atoms with van der Waals surface area (Å²) in [6.45, 7) is 1.69. The molecule has 3 heterocycles. The van der Waals surface area contributed by atoms with Crippen LogP contribution in [0.3, 0.4) is 0 Å². The average molecular weight is 469 g/mol. The van der Waals surface area contributed by atoms with Crippen LogP contribution in [-0.4, -0.2) is 46.5 Å². The first-order valence-electron chi connectivity index (χ1n) is 9.31. The van der Waals surface area contributed by atoms with E-state index >= 15 is 0 Å². The number of nitrogens with one attached hydrogen (secondary N) is 1. The smallest absolute Gasteiger partial charge is 0.277 e. The standard InChI is InChI=1S/C20H13F6N5O2/c1-10-4-6-12(7-5-10)31-15-13(16(32)29-17(31)33)18(19(21,22)23,20(24,25)26)30-14(28-15)11-3-2-8-27-9-11/h2-9,13H,1H3,(H,29,32,33). The Balaban J connectivity index is 2.05. The molecule has 1 N–H and O–H groups in total. The average Bonchev–Trinajstić information content (AvgIpc) is 2.73. The van der Waals surface area contributed by atoms with E-state index in [0.717, 1.165) is 12.3 Å². The van der Waals surface area contributed by atoms with Crippen molar-refractivity contribution in [1.82, 2.24) is 10.3 Å². The second kappa shape index (κ2) is 7.39. The molecule has 1 fully saturated rings. The maximum absolute atomic E-state index is 14.2. The van der Waals surface area contributed by atoms with Crippen molar-refractivity contribution in [3.8, 4) is 0 Å². The van der Waals surface area contributed by atoms with Gasteiger partial charge in [-0.1, -0.05) is 17.7 Å². The Morgan fingerprint density at radius 2 is 1.64 bits per heavy atom. The highest BCUT2D eigenvalue weighted by atomic mass is 19.4. The van der Waals surface area contributed by atoms with Gasteiger partial charge in [0.25, 0.3) is 5.54 Å². The molecule has 2 aromatic rings. The molecule has 0 saturated carbocycles. The van der Waals surface area contributed by atoms with Crippen LogP contribution in [0, 0.1) is 12.8 Å². The van der Waals surface area contributed by atoms with Crippen molar-refractivity contribution in [2.75, 3.05) is 4.90 Å². The van der Waals surface area contributed by atoms with Crippen LogP contribution >= 0.6 is 0 Å². The van der Waals surface area contributed by atoms with E-state index in [4.69, 9.17) is 0 Å². The highest BCUT2D eigenvalue weighted by Crippen LogP contribution is 2.53. The van der Waals surface area contributed by atoms with Gasteiger partial charge in [-0.15, -0.1) is 0 Å². The Hall–Kier alpha value is -3.77. The number of nitrogens with zero attached hydrogens (tertiary/aromatic N) is 4. The number of imide groups is 1. The summed E-state index contributed by atoms with van der Waals surface area (Å²) in [4.78, 5) is 36.1. The van der Waals surface area contributed by atoms with Crippen molar-refractivity contribution < 1.29 is 35.9 Å². The van der Waals surface area contributed by atoms with Gasteiger partial charge in [-0.2, -0.15) is 26.3 Å². The molecule has 1 aromatic heterocycles. The summed E-state index contributed by atoms with van der Waals surface area (Å²) in [5.74, 6) is -6.83. The summed E-state index contributed by atoms with van der Waals surface area (Å²) in [7, 11) is 0. The number of aliphatic imine (C=N–C) groups is 2. The number of fused-ring (bicyclic) bond motifs is 1. The van der Waals surface area contributed by atoms with Gasteiger partial charge in [0.15, 0.2) is 5.84 Å². The molecule has 0 radical (unpaired) electrons. The summed E-state index contributed by atoms with van der Waals surface area (Å²) in [5, 5.41) is 1.58. The van der Waals surface area contributed by atoms with Gasteiger partial charge in [-0.05, 0) is 31.2 Å². The zero-order chi connectivity index (χ0) is 24.2. The number of aryl methyl sites for hydroxylation is 1. The summed E-state index contributed by atoms with van der Waals surface area (Å²) in [6.07, 6.45) is -9.91. The Kier molecular flexibility index (Phi) is 5.02. The maximum Gasteiger partial charge on any atom is 0.423 e. The number of benzene rings is 1.